The topological polar surface area (TPSA) is 78.0 Å². The molecule has 0 saturated carbocycles. The third-order valence-electron chi connectivity index (χ3n) is 6.89. The molecule has 1 fully saturated rings. The van der Waals surface area contributed by atoms with Gasteiger partial charge in [0.2, 0.25) is 15.9 Å². The molecular formula is C27H23N3O4S. The van der Waals surface area contributed by atoms with Crippen molar-refractivity contribution < 1.29 is 18.0 Å². The third kappa shape index (κ3) is 3.57. The Balaban J connectivity index is 1.15. The first kappa shape index (κ1) is 21.8. The molecule has 176 valence electrons. The minimum atomic E-state index is -3.67. The molecule has 0 radical (unpaired) electrons. The summed E-state index contributed by atoms with van der Waals surface area (Å²) in [5, 5.41) is 3.69. The van der Waals surface area contributed by atoms with E-state index in [1.807, 2.05) is 60.7 Å². The SMILES string of the molecule is O=C(CN1C(=O)c2cccc3cccc1c23)N1CCN(S(=O)(=O)c2ccc3ccccc3c2)CC1. The lowest BCUT2D eigenvalue weighted by Gasteiger charge is -2.34. The Morgan fingerprint density at radius 2 is 1.46 bits per heavy atom. The number of piperazine rings is 1. The van der Waals surface area contributed by atoms with E-state index in [2.05, 4.69) is 0 Å². The fourth-order valence-electron chi connectivity index (χ4n) is 5.03. The van der Waals surface area contributed by atoms with E-state index in [1.54, 1.807) is 23.1 Å². The highest BCUT2D eigenvalue weighted by Crippen LogP contribution is 2.37. The predicted molar refractivity (Wildman–Crippen MR) is 135 cm³/mol. The smallest absolute Gasteiger partial charge is 0.259 e. The summed E-state index contributed by atoms with van der Waals surface area (Å²) in [6.07, 6.45) is 0. The number of fused-ring (bicyclic) bond motifs is 1. The van der Waals surface area contributed by atoms with E-state index in [0.29, 0.717) is 5.56 Å². The molecule has 0 aromatic heterocycles. The Bertz CT molecular complexity index is 1600. The van der Waals surface area contributed by atoms with Crippen LogP contribution in [0.2, 0.25) is 0 Å². The van der Waals surface area contributed by atoms with Crippen molar-refractivity contribution in [3.05, 3.63) is 84.4 Å². The van der Waals surface area contributed by atoms with E-state index < -0.39 is 10.0 Å². The number of rotatable bonds is 4. The zero-order valence-corrected chi connectivity index (χ0v) is 19.7. The molecular weight excluding hydrogens is 462 g/mol. The standard InChI is InChI=1S/C27H23N3O4S/c31-25(18-30-24-10-4-8-20-7-3-9-23(26(20)24)27(30)32)28-13-15-29(16-14-28)35(33,34)22-12-11-19-5-1-2-6-21(19)17-22/h1-12,17H,13-16,18H2. The molecule has 0 atom stereocenters. The molecule has 2 aliphatic heterocycles. The van der Waals surface area contributed by atoms with Gasteiger partial charge >= 0.3 is 0 Å². The number of hydrogen-bond acceptors (Lipinski definition) is 4. The van der Waals surface area contributed by atoms with Gasteiger partial charge in [-0.05, 0) is 40.4 Å². The van der Waals surface area contributed by atoms with Crippen LogP contribution >= 0.6 is 0 Å². The van der Waals surface area contributed by atoms with Crippen LogP contribution in [0.3, 0.4) is 0 Å². The van der Waals surface area contributed by atoms with Gasteiger partial charge in [-0.15, -0.1) is 0 Å². The summed E-state index contributed by atoms with van der Waals surface area (Å²) in [6, 6.07) is 24.1. The van der Waals surface area contributed by atoms with Gasteiger partial charge in [-0.25, -0.2) is 8.42 Å². The molecule has 7 nitrogen and oxygen atoms in total. The Hall–Kier alpha value is -3.75. The van der Waals surface area contributed by atoms with Crippen molar-refractivity contribution in [3.63, 3.8) is 0 Å². The van der Waals surface area contributed by atoms with Crippen LogP contribution in [0.25, 0.3) is 21.5 Å². The minimum Gasteiger partial charge on any atom is -0.338 e. The molecule has 0 spiro atoms. The largest absolute Gasteiger partial charge is 0.338 e. The number of benzene rings is 4. The maximum absolute atomic E-state index is 13.2. The molecule has 35 heavy (non-hydrogen) atoms. The molecule has 8 heteroatoms. The van der Waals surface area contributed by atoms with Crippen LogP contribution in [-0.4, -0.2) is 62.2 Å². The molecule has 4 aromatic carbocycles. The van der Waals surface area contributed by atoms with Crippen molar-refractivity contribution in [3.8, 4) is 0 Å². The molecule has 6 rings (SSSR count). The van der Waals surface area contributed by atoms with Crippen molar-refractivity contribution in [2.24, 2.45) is 0 Å². The van der Waals surface area contributed by atoms with Crippen molar-refractivity contribution in [2.45, 2.75) is 4.90 Å². The van der Waals surface area contributed by atoms with Crippen molar-refractivity contribution in [2.75, 3.05) is 37.6 Å². The first-order valence-electron chi connectivity index (χ1n) is 11.5. The zero-order chi connectivity index (χ0) is 24.2. The average Bonchev–Trinajstić information content (AvgIpc) is 3.16. The van der Waals surface area contributed by atoms with Crippen molar-refractivity contribution >= 4 is 49.1 Å². The summed E-state index contributed by atoms with van der Waals surface area (Å²) >= 11 is 0. The molecule has 1 saturated heterocycles. The molecule has 2 aliphatic rings. The Labute approximate surface area is 203 Å². The van der Waals surface area contributed by atoms with Crippen LogP contribution in [0.5, 0.6) is 0 Å². The van der Waals surface area contributed by atoms with Crippen LogP contribution in [0.15, 0.2) is 83.8 Å². The Morgan fingerprint density at radius 3 is 2.23 bits per heavy atom. The second-order valence-corrected chi connectivity index (χ2v) is 10.8. The number of sulfonamides is 1. The number of carbonyl (C=O) groups excluding carboxylic acids is 2. The third-order valence-corrected chi connectivity index (χ3v) is 8.79. The summed E-state index contributed by atoms with van der Waals surface area (Å²) in [5.41, 5.74) is 1.35. The van der Waals surface area contributed by atoms with Crippen LogP contribution in [-0.2, 0) is 14.8 Å². The highest BCUT2D eigenvalue weighted by Gasteiger charge is 2.34. The van der Waals surface area contributed by atoms with Gasteiger partial charge in [0, 0.05) is 37.1 Å². The summed E-state index contributed by atoms with van der Waals surface area (Å²) in [6.45, 7) is 0.926. The molecule has 0 N–H and O–H groups in total. The summed E-state index contributed by atoms with van der Waals surface area (Å²) in [4.78, 5) is 29.5. The monoisotopic (exact) mass is 485 g/mol. The van der Waals surface area contributed by atoms with Gasteiger partial charge in [-0.3, -0.25) is 14.5 Å². The van der Waals surface area contributed by atoms with E-state index in [1.165, 1.54) is 9.21 Å². The van der Waals surface area contributed by atoms with E-state index in [9.17, 15) is 18.0 Å². The normalized spacial score (nSPS) is 16.4. The molecule has 2 heterocycles. The highest BCUT2D eigenvalue weighted by atomic mass is 32.2. The van der Waals surface area contributed by atoms with Crippen molar-refractivity contribution in [1.29, 1.82) is 0 Å². The quantitative estimate of drug-likeness (QED) is 0.443. The van der Waals surface area contributed by atoms with Gasteiger partial charge in [-0.1, -0.05) is 54.6 Å². The lowest BCUT2D eigenvalue weighted by molar-refractivity contribution is -0.130. The van der Waals surface area contributed by atoms with Crippen LogP contribution in [0.4, 0.5) is 5.69 Å². The first-order valence-corrected chi connectivity index (χ1v) is 13.0. The van der Waals surface area contributed by atoms with Crippen LogP contribution < -0.4 is 4.90 Å². The van der Waals surface area contributed by atoms with E-state index in [4.69, 9.17) is 0 Å². The van der Waals surface area contributed by atoms with Crippen LogP contribution in [0.1, 0.15) is 10.4 Å². The first-order chi connectivity index (χ1) is 16.9. The molecule has 4 aromatic rings. The fourth-order valence-corrected chi connectivity index (χ4v) is 6.48. The molecule has 0 aliphatic carbocycles. The number of hydrogen-bond donors (Lipinski definition) is 0. The summed E-state index contributed by atoms with van der Waals surface area (Å²) in [7, 11) is -3.67. The lowest BCUT2D eigenvalue weighted by Crippen LogP contribution is -2.52. The van der Waals surface area contributed by atoms with Gasteiger partial charge in [-0.2, -0.15) is 4.31 Å². The van der Waals surface area contributed by atoms with E-state index in [-0.39, 0.29) is 49.4 Å². The van der Waals surface area contributed by atoms with Gasteiger partial charge in [0.25, 0.3) is 5.91 Å². The van der Waals surface area contributed by atoms with Gasteiger partial charge in [0.15, 0.2) is 0 Å². The van der Waals surface area contributed by atoms with Crippen LogP contribution in [0, 0.1) is 0 Å². The van der Waals surface area contributed by atoms with E-state index >= 15 is 0 Å². The summed E-state index contributed by atoms with van der Waals surface area (Å²) in [5.74, 6) is -0.367. The summed E-state index contributed by atoms with van der Waals surface area (Å²) < 4.78 is 27.9. The lowest BCUT2D eigenvalue weighted by atomic mass is 10.1. The zero-order valence-electron chi connectivity index (χ0n) is 18.9. The second kappa shape index (κ2) is 8.18. The van der Waals surface area contributed by atoms with Crippen molar-refractivity contribution in [1.82, 2.24) is 9.21 Å². The fraction of sp³-hybridized carbons (Fsp3) is 0.185. The highest BCUT2D eigenvalue weighted by molar-refractivity contribution is 7.89. The Kier molecular flexibility index (Phi) is 5.09. The number of nitrogens with zero attached hydrogens (tertiary/aromatic N) is 3. The predicted octanol–water partition coefficient (Wildman–Crippen LogP) is 3.49. The van der Waals surface area contributed by atoms with Gasteiger partial charge in [0.1, 0.15) is 6.54 Å². The van der Waals surface area contributed by atoms with E-state index in [0.717, 1.165) is 27.2 Å². The number of anilines is 1. The maximum Gasteiger partial charge on any atom is 0.259 e. The van der Waals surface area contributed by atoms with Gasteiger partial charge in [0.05, 0.1) is 10.6 Å². The number of carbonyl (C=O) groups is 2. The van der Waals surface area contributed by atoms with Gasteiger partial charge < -0.3 is 4.90 Å². The second-order valence-electron chi connectivity index (χ2n) is 8.87. The number of amides is 2. The Morgan fingerprint density at radius 1 is 0.771 bits per heavy atom. The maximum atomic E-state index is 13.2. The average molecular weight is 486 g/mol. The molecule has 0 unspecified atom stereocenters. The molecule has 2 amide bonds. The molecule has 0 bridgehead atoms. The minimum absolute atomic E-state index is 0.0654.